The van der Waals surface area contributed by atoms with Crippen LogP contribution >= 0.6 is 0 Å². The minimum atomic E-state index is -3.17. The van der Waals surface area contributed by atoms with E-state index in [9.17, 15) is 8.42 Å². The summed E-state index contributed by atoms with van der Waals surface area (Å²) in [5.74, 6) is 1.24. The van der Waals surface area contributed by atoms with Gasteiger partial charge in [0.25, 0.3) is 0 Å². The lowest BCUT2D eigenvalue weighted by atomic mass is 10.2. The van der Waals surface area contributed by atoms with E-state index in [1.165, 1.54) is 6.26 Å². The number of oxazole rings is 1. The molecular weight excluding hydrogens is 276 g/mol. The largest absolute Gasteiger partial charge is 0.439 e. The van der Waals surface area contributed by atoms with E-state index < -0.39 is 9.84 Å². The molecule has 1 aromatic heterocycles. The van der Waals surface area contributed by atoms with Gasteiger partial charge in [-0.25, -0.2) is 13.4 Å². The number of nitrogens with one attached hydrogen (secondary N) is 1. The second-order valence-electron chi connectivity index (χ2n) is 4.95. The van der Waals surface area contributed by atoms with E-state index in [4.69, 9.17) is 4.42 Å². The summed E-state index contributed by atoms with van der Waals surface area (Å²) in [6.45, 7) is 4.67. The number of rotatable bonds is 5. The third-order valence-corrected chi connectivity index (χ3v) is 3.91. The molecule has 1 aromatic carbocycles. The lowest BCUT2D eigenvalue weighted by Crippen LogP contribution is -2.21. The van der Waals surface area contributed by atoms with Gasteiger partial charge in [-0.05, 0) is 24.3 Å². The van der Waals surface area contributed by atoms with Crippen LogP contribution in [0.15, 0.2) is 39.8 Å². The summed E-state index contributed by atoms with van der Waals surface area (Å²) >= 11 is 0. The van der Waals surface area contributed by atoms with Gasteiger partial charge in [0.15, 0.2) is 15.6 Å². The van der Waals surface area contributed by atoms with E-state index in [1.807, 2.05) is 13.8 Å². The van der Waals surface area contributed by atoms with Crippen LogP contribution in [0.4, 0.5) is 0 Å². The number of benzene rings is 1. The van der Waals surface area contributed by atoms with Crippen molar-refractivity contribution in [3.05, 3.63) is 36.4 Å². The molecule has 0 bridgehead atoms. The molecule has 1 heterocycles. The molecule has 108 valence electrons. The van der Waals surface area contributed by atoms with Gasteiger partial charge in [-0.2, -0.15) is 0 Å². The molecular formula is C14H18N2O3S. The molecule has 5 nitrogen and oxygen atoms in total. The molecule has 2 rings (SSSR count). The molecule has 0 saturated carbocycles. The molecule has 0 atom stereocenters. The fraction of sp³-hybridized carbons (Fsp3) is 0.357. The highest BCUT2D eigenvalue weighted by Crippen LogP contribution is 2.22. The first-order chi connectivity index (χ1) is 9.36. The molecule has 0 unspecified atom stereocenters. The fourth-order valence-electron chi connectivity index (χ4n) is 1.68. The maximum absolute atomic E-state index is 11.4. The Labute approximate surface area is 119 Å². The van der Waals surface area contributed by atoms with Gasteiger partial charge < -0.3 is 9.73 Å². The minimum Gasteiger partial charge on any atom is -0.439 e. The van der Waals surface area contributed by atoms with Crippen molar-refractivity contribution >= 4 is 9.84 Å². The number of hydrogen-bond donors (Lipinski definition) is 1. The van der Waals surface area contributed by atoms with Crippen molar-refractivity contribution < 1.29 is 12.8 Å². The van der Waals surface area contributed by atoms with E-state index >= 15 is 0 Å². The molecule has 0 amide bonds. The first-order valence-corrected chi connectivity index (χ1v) is 8.24. The van der Waals surface area contributed by atoms with Gasteiger partial charge in [-0.3, -0.25) is 0 Å². The Balaban J connectivity index is 2.16. The van der Waals surface area contributed by atoms with Gasteiger partial charge in [0.2, 0.25) is 5.89 Å². The van der Waals surface area contributed by atoms with Crippen LogP contribution in [-0.4, -0.2) is 25.7 Å². The Morgan fingerprint density at radius 3 is 2.45 bits per heavy atom. The quantitative estimate of drug-likeness (QED) is 0.915. The third kappa shape index (κ3) is 3.68. The second kappa shape index (κ2) is 5.76. The summed E-state index contributed by atoms with van der Waals surface area (Å²) in [4.78, 5) is 4.48. The minimum absolute atomic E-state index is 0.294. The van der Waals surface area contributed by atoms with Crippen molar-refractivity contribution in [2.75, 3.05) is 6.26 Å². The van der Waals surface area contributed by atoms with E-state index in [-0.39, 0.29) is 0 Å². The molecule has 0 fully saturated rings. The molecule has 6 heteroatoms. The Bertz CT molecular complexity index is 673. The molecule has 2 aromatic rings. The molecule has 0 aliphatic rings. The lowest BCUT2D eigenvalue weighted by molar-refractivity contribution is 0.459. The second-order valence-corrected chi connectivity index (χ2v) is 6.97. The summed E-state index contributed by atoms with van der Waals surface area (Å²) < 4.78 is 28.4. The van der Waals surface area contributed by atoms with Crippen molar-refractivity contribution in [3.8, 4) is 11.3 Å². The maximum atomic E-state index is 11.4. The van der Waals surface area contributed by atoms with Crippen LogP contribution in [0.2, 0.25) is 0 Å². The number of aromatic nitrogens is 1. The monoisotopic (exact) mass is 294 g/mol. The van der Waals surface area contributed by atoms with E-state index in [0.29, 0.717) is 29.1 Å². The average molecular weight is 294 g/mol. The summed E-state index contributed by atoms with van der Waals surface area (Å²) in [5, 5.41) is 3.22. The number of hydrogen-bond acceptors (Lipinski definition) is 5. The van der Waals surface area contributed by atoms with E-state index in [1.54, 1.807) is 30.5 Å². The highest BCUT2D eigenvalue weighted by molar-refractivity contribution is 7.90. The van der Waals surface area contributed by atoms with Gasteiger partial charge in [0.1, 0.15) is 0 Å². The fourth-order valence-corrected chi connectivity index (χ4v) is 2.31. The first-order valence-electron chi connectivity index (χ1n) is 6.35. The molecule has 0 radical (unpaired) electrons. The summed E-state index contributed by atoms with van der Waals surface area (Å²) in [7, 11) is -3.17. The zero-order valence-electron chi connectivity index (χ0n) is 11.8. The van der Waals surface area contributed by atoms with Crippen molar-refractivity contribution in [2.45, 2.75) is 31.3 Å². The van der Waals surface area contributed by atoms with Crippen LogP contribution < -0.4 is 5.32 Å². The summed E-state index contributed by atoms with van der Waals surface area (Å²) in [5.41, 5.74) is 0.806. The van der Waals surface area contributed by atoms with Crippen LogP contribution in [0, 0.1) is 0 Å². The molecule has 0 saturated heterocycles. The number of sulfone groups is 1. The Morgan fingerprint density at radius 2 is 1.90 bits per heavy atom. The van der Waals surface area contributed by atoms with Crippen LogP contribution in [0.25, 0.3) is 11.3 Å². The Kier molecular flexibility index (Phi) is 4.25. The van der Waals surface area contributed by atoms with Crippen molar-refractivity contribution in [3.63, 3.8) is 0 Å². The molecule has 0 aliphatic carbocycles. The van der Waals surface area contributed by atoms with Crippen LogP contribution in [0.1, 0.15) is 19.7 Å². The molecule has 0 aliphatic heterocycles. The highest BCUT2D eigenvalue weighted by Gasteiger charge is 2.10. The van der Waals surface area contributed by atoms with Crippen LogP contribution in [-0.2, 0) is 16.4 Å². The Morgan fingerprint density at radius 1 is 1.25 bits per heavy atom. The van der Waals surface area contributed by atoms with Gasteiger partial charge in [0.05, 0.1) is 17.6 Å². The third-order valence-electron chi connectivity index (χ3n) is 2.78. The smallest absolute Gasteiger partial charge is 0.208 e. The van der Waals surface area contributed by atoms with Crippen molar-refractivity contribution in [1.82, 2.24) is 10.3 Å². The van der Waals surface area contributed by atoms with E-state index in [0.717, 1.165) is 5.56 Å². The Hall–Kier alpha value is -1.66. The molecule has 1 N–H and O–H groups in total. The van der Waals surface area contributed by atoms with Gasteiger partial charge in [0, 0.05) is 17.9 Å². The highest BCUT2D eigenvalue weighted by atomic mass is 32.2. The lowest BCUT2D eigenvalue weighted by Gasteiger charge is -2.04. The zero-order chi connectivity index (χ0) is 14.8. The topological polar surface area (TPSA) is 72.2 Å². The SMILES string of the molecule is CC(C)NCc1ncc(-c2ccc(S(C)(=O)=O)cc2)o1. The van der Waals surface area contributed by atoms with Gasteiger partial charge >= 0.3 is 0 Å². The summed E-state index contributed by atoms with van der Waals surface area (Å²) in [6.07, 6.45) is 2.83. The van der Waals surface area contributed by atoms with Crippen molar-refractivity contribution in [2.24, 2.45) is 0 Å². The van der Waals surface area contributed by atoms with Gasteiger partial charge in [-0.15, -0.1) is 0 Å². The summed E-state index contributed by atoms with van der Waals surface area (Å²) in [6, 6.07) is 6.94. The standard InChI is InChI=1S/C14H18N2O3S/c1-10(2)15-9-14-16-8-13(19-14)11-4-6-12(7-5-11)20(3,17)18/h4-8,10,15H,9H2,1-3H3. The predicted molar refractivity (Wildman–Crippen MR) is 77.0 cm³/mol. The number of nitrogens with zero attached hydrogens (tertiary/aromatic N) is 1. The van der Waals surface area contributed by atoms with Crippen molar-refractivity contribution in [1.29, 1.82) is 0 Å². The average Bonchev–Trinajstić information content (AvgIpc) is 2.84. The first kappa shape index (κ1) is 14.7. The normalized spacial score (nSPS) is 12.0. The molecule has 20 heavy (non-hydrogen) atoms. The van der Waals surface area contributed by atoms with Crippen LogP contribution in [0.5, 0.6) is 0 Å². The zero-order valence-corrected chi connectivity index (χ0v) is 12.6. The van der Waals surface area contributed by atoms with Gasteiger partial charge in [-0.1, -0.05) is 13.8 Å². The molecule has 0 spiro atoms. The maximum Gasteiger partial charge on any atom is 0.208 e. The predicted octanol–water partition coefficient (Wildman–Crippen LogP) is 2.24. The van der Waals surface area contributed by atoms with E-state index in [2.05, 4.69) is 10.3 Å². The van der Waals surface area contributed by atoms with Crippen LogP contribution in [0.3, 0.4) is 0 Å².